The number of aryl methyl sites for hydroxylation is 1. The first-order valence-electron chi connectivity index (χ1n) is 6.88. The number of carbonyl (C=O) groups is 2. The lowest BCUT2D eigenvalue weighted by molar-refractivity contribution is -0.383. The summed E-state index contributed by atoms with van der Waals surface area (Å²) in [6.07, 6.45) is 0. The van der Waals surface area contributed by atoms with Gasteiger partial charge in [0.1, 0.15) is 17.0 Å². The number of hydrogen-bond donors (Lipinski definition) is 2. The maximum Gasteiger partial charge on any atom is 0.342 e. The molecule has 0 aromatic heterocycles. The van der Waals surface area contributed by atoms with Crippen LogP contribution in [0.4, 0.5) is 11.4 Å². The molecule has 2 aromatic carbocycles. The summed E-state index contributed by atoms with van der Waals surface area (Å²) >= 11 is 0. The van der Waals surface area contributed by atoms with Crippen molar-refractivity contribution in [2.45, 2.75) is 6.92 Å². The number of hydrogen-bond acceptors (Lipinski definition) is 6. The van der Waals surface area contributed by atoms with Crippen LogP contribution in [0.5, 0.6) is 5.75 Å². The van der Waals surface area contributed by atoms with E-state index in [4.69, 9.17) is 4.74 Å². The van der Waals surface area contributed by atoms with Gasteiger partial charge in [-0.15, -0.1) is 0 Å². The maximum absolute atomic E-state index is 11.9. The molecule has 2 aromatic rings. The Bertz CT molecular complexity index is 803. The molecule has 2 rings (SSSR count). The second-order valence-electron chi connectivity index (χ2n) is 4.92. The van der Waals surface area contributed by atoms with Crippen molar-refractivity contribution >= 4 is 23.3 Å². The van der Waals surface area contributed by atoms with Crippen molar-refractivity contribution in [3.8, 4) is 5.75 Å². The molecule has 0 heterocycles. The van der Waals surface area contributed by atoms with Gasteiger partial charge in [-0.3, -0.25) is 14.9 Å². The Morgan fingerprint density at radius 1 is 1.25 bits per heavy atom. The lowest BCUT2D eigenvalue weighted by Crippen LogP contribution is -2.21. The van der Waals surface area contributed by atoms with Gasteiger partial charge >= 0.3 is 5.97 Å². The molecular formula is C16H14N2O6. The molecule has 0 bridgehead atoms. The van der Waals surface area contributed by atoms with Gasteiger partial charge in [0, 0.05) is 6.07 Å². The van der Waals surface area contributed by atoms with E-state index in [9.17, 15) is 24.8 Å². The SMILES string of the molecule is Cc1ccc(O)c(C(=O)OCC(=O)Nc2ccccc2[N+](=O)[O-])c1. The van der Waals surface area contributed by atoms with Gasteiger partial charge in [0.25, 0.3) is 11.6 Å². The van der Waals surface area contributed by atoms with Crippen molar-refractivity contribution in [1.82, 2.24) is 0 Å². The van der Waals surface area contributed by atoms with Crippen molar-refractivity contribution in [2.24, 2.45) is 0 Å². The van der Waals surface area contributed by atoms with Crippen molar-refractivity contribution in [2.75, 3.05) is 11.9 Å². The zero-order valence-corrected chi connectivity index (χ0v) is 12.7. The molecular weight excluding hydrogens is 316 g/mol. The number of rotatable bonds is 5. The summed E-state index contributed by atoms with van der Waals surface area (Å²) in [6.45, 7) is 1.09. The van der Waals surface area contributed by atoms with Crippen LogP contribution in [0, 0.1) is 17.0 Å². The Morgan fingerprint density at radius 2 is 1.96 bits per heavy atom. The summed E-state index contributed by atoms with van der Waals surface area (Å²) in [6, 6.07) is 9.99. The number of anilines is 1. The first-order valence-corrected chi connectivity index (χ1v) is 6.88. The molecule has 124 valence electrons. The highest BCUT2D eigenvalue weighted by atomic mass is 16.6. The minimum absolute atomic E-state index is 0.00181. The zero-order chi connectivity index (χ0) is 17.7. The fraction of sp³-hybridized carbons (Fsp3) is 0.125. The highest BCUT2D eigenvalue weighted by molar-refractivity contribution is 5.97. The van der Waals surface area contributed by atoms with E-state index in [1.165, 1.54) is 36.4 Å². The Labute approximate surface area is 136 Å². The molecule has 0 saturated heterocycles. The monoisotopic (exact) mass is 330 g/mol. The van der Waals surface area contributed by atoms with Crippen LogP contribution in [0.3, 0.4) is 0 Å². The Morgan fingerprint density at radius 3 is 2.67 bits per heavy atom. The number of ether oxygens (including phenoxy) is 1. The van der Waals surface area contributed by atoms with Crippen LogP contribution in [0.25, 0.3) is 0 Å². The quantitative estimate of drug-likeness (QED) is 0.493. The van der Waals surface area contributed by atoms with Gasteiger partial charge in [0.05, 0.1) is 4.92 Å². The molecule has 2 N–H and O–H groups in total. The number of benzene rings is 2. The average Bonchev–Trinajstić information content (AvgIpc) is 2.55. The molecule has 8 nitrogen and oxygen atoms in total. The molecule has 0 saturated carbocycles. The van der Waals surface area contributed by atoms with Crippen LogP contribution in [0.15, 0.2) is 42.5 Å². The normalized spacial score (nSPS) is 10.0. The molecule has 24 heavy (non-hydrogen) atoms. The molecule has 0 unspecified atom stereocenters. The lowest BCUT2D eigenvalue weighted by atomic mass is 10.1. The third-order valence-corrected chi connectivity index (χ3v) is 3.08. The van der Waals surface area contributed by atoms with Crippen molar-refractivity contribution < 1.29 is 24.4 Å². The minimum atomic E-state index is -0.867. The maximum atomic E-state index is 11.9. The fourth-order valence-electron chi connectivity index (χ4n) is 1.95. The van der Waals surface area contributed by atoms with Crippen LogP contribution < -0.4 is 5.32 Å². The smallest absolute Gasteiger partial charge is 0.342 e. The van der Waals surface area contributed by atoms with Gasteiger partial charge in [-0.05, 0) is 25.1 Å². The van der Waals surface area contributed by atoms with Crippen molar-refractivity contribution in [3.63, 3.8) is 0 Å². The Kier molecular flexibility index (Phi) is 5.10. The van der Waals surface area contributed by atoms with Crippen molar-refractivity contribution in [1.29, 1.82) is 0 Å². The van der Waals surface area contributed by atoms with Crippen LogP contribution in [-0.2, 0) is 9.53 Å². The molecule has 0 aliphatic heterocycles. The molecule has 0 aliphatic rings. The van der Waals surface area contributed by atoms with E-state index in [-0.39, 0.29) is 22.7 Å². The number of phenols is 1. The molecule has 0 radical (unpaired) electrons. The van der Waals surface area contributed by atoms with E-state index in [1.807, 2.05) is 0 Å². The van der Waals surface area contributed by atoms with Crippen molar-refractivity contribution in [3.05, 3.63) is 63.7 Å². The largest absolute Gasteiger partial charge is 0.507 e. The summed E-state index contributed by atoms with van der Waals surface area (Å²) in [5.74, 6) is -1.86. The van der Waals surface area contributed by atoms with Gasteiger partial charge in [0.2, 0.25) is 0 Å². The third kappa shape index (κ3) is 4.07. The van der Waals surface area contributed by atoms with Crippen LogP contribution in [0.2, 0.25) is 0 Å². The summed E-state index contributed by atoms with van der Waals surface area (Å²) in [5, 5.41) is 22.8. The van der Waals surface area contributed by atoms with Crippen LogP contribution >= 0.6 is 0 Å². The van der Waals surface area contributed by atoms with Gasteiger partial charge in [-0.2, -0.15) is 0 Å². The summed E-state index contributed by atoms with van der Waals surface area (Å²) in [5.41, 5.74) is 0.410. The Hall–Kier alpha value is -3.42. The second-order valence-corrected chi connectivity index (χ2v) is 4.92. The van der Waals surface area contributed by atoms with Crippen LogP contribution in [0.1, 0.15) is 15.9 Å². The Balaban J connectivity index is 2.00. The first kappa shape index (κ1) is 16.9. The predicted octanol–water partition coefficient (Wildman–Crippen LogP) is 2.40. The topological polar surface area (TPSA) is 119 Å². The number of aromatic hydroxyl groups is 1. The summed E-state index contributed by atoms with van der Waals surface area (Å²) in [4.78, 5) is 33.9. The third-order valence-electron chi connectivity index (χ3n) is 3.08. The minimum Gasteiger partial charge on any atom is -0.507 e. The second kappa shape index (κ2) is 7.23. The fourth-order valence-corrected chi connectivity index (χ4v) is 1.95. The van der Waals surface area contributed by atoms with Gasteiger partial charge < -0.3 is 15.2 Å². The standard InChI is InChI=1S/C16H14N2O6/c1-10-6-7-14(19)11(8-10)16(21)24-9-15(20)17-12-4-2-3-5-13(12)18(22)23/h2-8,19H,9H2,1H3,(H,17,20). The van der Waals surface area contributed by atoms with Crippen LogP contribution in [-0.4, -0.2) is 28.5 Å². The van der Waals surface area contributed by atoms with Gasteiger partial charge in [-0.25, -0.2) is 4.79 Å². The summed E-state index contributed by atoms with van der Waals surface area (Å²) in [7, 11) is 0. The number of para-hydroxylation sites is 2. The number of nitro benzene ring substituents is 1. The van der Waals surface area contributed by atoms with E-state index in [2.05, 4.69) is 5.32 Å². The number of nitrogens with zero attached hydrogens (tertiary/aromatic N) is 1. The number of carbonyl (C=O) groups excluding carboxylic acids is 2. The molecule has 0 spiro atoms. The van der Waals surface area contributed by atoms with E-state index >= 15 is 0 Å². The zero-order valence-electron chi connectivity index (χ0n) is 12.7. The molecule has 0 aliphatic carbocycles. The van der Waals surface area contributed by atoms with E-state index in [0.29, 0.717) is 0 Å². The first-order chi connectivity index (χ1) is 11.4. The van der Waals surface area contributed by atoms with Gasteiger partial charge in [-0.1, -0.05) is 23.8 Å². The van der Waals surface area contributed by atoms with Gasteiger partial charge in [0.15, 0.2) is 6.61 Å². The molecule has 0 atom stereocenters. The molecule has 1 amide bonds. The number of esters is 1. The number of amides is 1. The number of nitro groups is 1. The van der Waals surface area contributed by atoms with E-state index in [0.717, 1.165) is 5.56 Å². The number of nitrogens with one attached hydrogen (secondary N) is 1. The summed E-state index contributed by atoms with van der Waals surface area (Å²) < 4.78 is 4.82. The van der Waals surface area contributed by atoms with E-state index in [1.54, 1.807) is 13.0 Å². The molecule has 8 heteroatoms. The van der Waals surface area contributed by atoms with E-state index < -0.39 is 23.4 Å². The lowest BCUT2D eigenvalue weighted by Gasteiger charge is -2.08. The highest BCUT2D eigenvalue weighted by Crippen LogP contribution is 2.23. The predicted molar refractivity (Wildman–Crippen MR) is 84.9 cm³/mol. The number of phenolic OH excluding ortho intramolecular Hbond substituents is 1. The average molecular weight is 330 g/mol. The highest BCUT2D eigenvalue weighted by Gasteiger charge is 2.17. The molecule has 0 fully saturated rings.